The van der Waals surface area contributed by atoms with Crippen LogP contribution in [0.25, 0.3) is 10.9 Å². The van der Waals surface area contributed by atoms with Crippen molar-refractivity contribution in [2.45, 2.75) is 44.3 Å². The van der Waals surface area contributed by atoms with Gasteiger partial charge in [0.1, 0.15) is 17.4 Å². The number of anilines is 2. The number of hydrogen-bond acceptors (Lipinski definition) is 12. The second kappa shape index (κ2) is 18.5. The number of nitrogens with one attached hydrogen (secondary N) is 3. The maximum Gasteiger partial charge on any atom is 0.278 e. The number of piperazine rings is 1. The van der Waals surface area contributed by atoms with Crippen molar-refractivity contribution >= 4 is 40.0 Å². The number of fused-ring (bicyclic) bond motifs is 1. The molecular weight excluding hydrogens is 744 g/mol. The summed E-state index contributed by atoms with van der Waals surface area (Å²) in [5.41, 5.74) is 4.73. The van der Waals surface area contributed by atoms with Crippen LogP contribution in [-0.2, 0) is 25.7 Å². The van der Waals surface area contributed by atoms with Gasteiger partial charge in [0.05, 0.1) is 25.1 Å². The fourth-order valence-electron chi connectivity index (χ4n) is 8.19. The molecule has 3 aliphatic heterocycles. The van der Waals surface area contributed by atoms with Crippen LogP contribution >= 0.6 is 0 Å². The van der Waals surface area contributed by atoms with Gasteiger partial charge in [-0.05, 0) is 75.0 Å². The van der Waals surface area contributed by atoms with Crippen LogP contribution in [0.2, 0.25) is 0 Å². The summed E-state index contributed by atoms with van der Waals surface area (Å²) in [6.45, 7) is 10.3. The lowest BCUT2D eigenvalue weighted by Gasteiger charge is -2.36. The highest BCUT2D eigenvalue weighted by atomic mass is 19.1. The van der Waals surface area contributed by atoms with Gasteiger partial charge in [-0.15, -0.1) is 5.10 Å². The van der Waals surface area contributed by atoms with Gasteiger partial charge in [0.15, 0.2) is 0 Å². The predicted molar refractivity (Wildman–Crippen MR) is 219 cm³/mol. The monoisotopic (exact) mass is 796 g/mol. The number of carbonyl (C=O) groups is 3. The maximum absolute atomic E-state index is 14.6. The van der Waals surface area contributed by atoms with E-state index in [0.29, 0.717) is 49.5 Å². The Morgan fingerprint density at radius 2 is 1.78 bits per heavy atom. The normalized spacial score (nSPS) is 20.5. The maximum atomic E-state index is 14.6. The first kappa shape index (κ1) is 40.9. The predicted octanol–water partition coefficient (Wildman–Crippen LogP) is 2.11. The molecule has 0 saturated carbocycles. The van der Waals surface area contributed by atoms with Gasteiger partial charge in [0.2, 0.25) is 11.8 Å². The van der Waals surface area contributed by atoms with Crippen molar-refractivity contribution < 1.29 is 23.5 Å². The molecular formula is C42H53FN10O5. The Kier molecular flexibility index (Phi) is 13.1. The van der Waals surface area contributed by atoms with E-state index in [1.54, 1.807) is 30.3 Å². The summed E-state index contributed by atoms with van der Waals surface area (Å²) >= 11 is 0. The molecule has 0 radical (unpaired) electrons. The molecule has 3 saturated heterocycles. The van der Waals surface area contributed by atoms with E-state index in [2.05, 4.69) is 84.2 Å². The second-order valence-electron chi connectivity index (χ2n) is 15.6. The van der Waals surface area contributed by atoms with Crippen LogP contribution in [-0.4, -0.2) is 140 Å². The molecule has 1 aromatic heterocycles. The van der Waals surface area contributed by atoms with Crippen LogP contribution in [0.1, 0.15) is 41.5 Å². The number of nitrogens with zero attached hydrogens (tertiary/aromatic N) is 7. The lowest BCUT2D eigenvalue weighted by Crippen LogP contribution is -2.47. The quantitative estimate of drug-likeness (QED) is 0.119. The first-order valence-electron chi connectivity index (χ1n) is 20.1. The van der Waals surface area contributed by atoms with Gasteiger partial charge in [-0.2, -0.15) is 4.68 Å². The average molecular weight is 797 g/mol. The Bertz CT molecular complexity index is 2140. The topological polar surface area (TPSA) is 157 Å². The van der Waals surface area contributed by atoms with Crippen molar-refractivity contribution in [2.24, 2.45) is 0 Å². The first-order chi connectivity index (χ1) is 28.0. The van der Waals surface area contributed by atoms with E-state index in [-0.39, 0.29) is 42.4 Å². The van der Waals surface area contributed by atoms with Gasteiger partial charge in [-0.3, -0.25) is 34.3 Å². The van der Waals surface area contributed by atoms with Crippen molar-refractivity contribution in [1.82, 2.24) is 40.3 Å². The van der Waals surface area contributed by atoms with E-state index in [1.807, 2.05) is 13.0 Å². The largest absolute Gasteiger partial charge is 0.378 e. The fourth-order valence-corrected chi connectivity index (χ4v) is 8.19. The molecule has 15 nitrogen and oxygen atoms in total. The molecule has 3 N–H and O–H groups in total. The number of benzene rings is 3. The van der Waals surface area contributed by atoms with E-state index in [9.17, 15) is 23.6 Å². The van der Waals surface area contributed by atoms with Gasteiger partial charge in [-0.25, -0.2) is 4.39 Å². The van der Waals surface area contributed by atoms with Crippen LogP contribution in [0, 0.1) is 12.7 Å². The molecule has 4 heterocycles. The lowest BCUT2D eigenvalue weighted by molar-refractivity contribution is -0.136. The number of carbonyl (C=O) groups excluding carboxylic acids is 3. The van der Waals surface area contributed by atoms with Crippen LogP contribution in [0.15, 0.2) is 65.5 Å². The summed E-state index contributed by atoms with van der Waals surface area (Å²) in [6.07, 6.45) is 0.280. The Balaban J connectivity index is 0.791. The molecule has 3 fully saturated rings. The average Bonchev–Trinajstić information content (AvgIpc) is 3.65. The first-order valence-corrected chi connectivity index (χ1v) is 20.1. The molecule has 0 bridgehead atoms. The Hall–Kier alpha value is -5.29. The molecule has 0 aliphatic carbocycles. The molecule has 3 atom stereocenters. The highest BCUT2D eigenvalue weighted by Crippen LogP contribution is 2.33. The molecule has 3 aromatic carbocycles. The minimum atomic E-state index is -0.912. The van der Waals surface area contributed by atoms with Gasteiger partial charge in [-0.1, -0.05) is 29.5 Å². The second-order valence-corrected chi connectivity index (χ2v) is 15.6. The standard InChI is InChI=1S/C42H53FN10O5/c1-28-5-4-6-35(43)33(28)25-51-26-34(38(27-51)49(2)3)29-7-10-31(11-8-29)52-18-16-50(17-19-52)20-22-58-21-15-44-40(55)24-45-30-9-12-36-32(23-30)42(57)53(48-47-36)37-13-14-39(54)46-41(37)56/h4-12,23,34,37-38,45H,13-22,24-27H2,1-3H3,(H,44,55)(H,46,54,56)/t34-,37?,38+/m1/s1. The van der Waals surface area contributed by atoms with Crippen LogP contribution < -0.4 is 26.4 Å². The molecule has 16 heteroatoms. The van der Waals surface area contributed by atoms with Gasteiger partial charge in [0, 0.05) is 94.2 Å². The zero-order valence-corrected chi connectivity index (χ0v) is 33.5. The summed E-state index contributed by atoms with van der Waals surface area (Å²) in [5.74, 6) is -0.965. The molecule has 58 heavy (non-hydrogen) atoms. The fraction of sp³-hybridized carbons (Fsp3) is 0.476. The number of aromatic nitrogens is 3. The number of likely N-dealkylation sites (tertiary alicyclic amines) is 1. The van der Waals surface area contributed by atoms with Crippen molar-refractivity contribution in [2.75, 3.05) is 96.4 Å². The molecule has 3 aliphatic rings. The van der Waals surface area contributed by atoms with E-state index in [4.69, 9.17) is 4.74 Å². The smallest absolute Gasteiger partial charge is 0.278 e. The summed E-state index contributed by atoms with van der Waals surface area (Å²) in [4.78, 5) is 58.9. The highest BCUT2D eigenvalue weighted by Gasteiger charge is 2.36. The summed E-state index contributed by atoms with van der Waals surface area (Å²) < 4.78 is 21.5. The Morgan fingerprint density at radius 3 is 2.52 bits per heavy atom. The molecule has 7 rings (SSSR count). The number of imide groups is 1. The van der Waals surface area contributed by atoms with Gasteiger partial charge in [0.25, 0.3) is 11.5 Å². The van der Waals surface area contributed by atoms with E-state index in [1.165, 1.54) is 11.3 Å². The number of rotatable bonds is 15. The van der Waals surface area contributed by atoms with Crippen molar-refractivity contribution in [1.29, 1.82) is 0 Å². The Morgan fingerprint density at radius 1 is 0.983 bits per heavy atom. The van der Waals surface area contributed by atoms with Crippen LogP contribution in [0.4, 0.5) is 15.8 Å². The minimum Gasteiger partial charge on any atom is -0.378 e. The van der Waals surface area contributed by atoms with Crippen LogP contribution in [0.3, 0.4) is 0 Å². The molecule has 1 unspecified atom stereocenters. The molecule has 308 valence electrons. The third kappa shape index (κ3) is 9.69. The highest BCUT2D eigenvalue weighted by molar-refractivity contribution is 5.99. The SMILES string of the molecule is Cc1cccc(F)c1CN1C[C@H](c2ccc(N3CCN(CCOCCNC(=O)CNc4ccc5nnn(C6CCC(=O)NC6=O)c(=O)c5c4)CC3)cc2)[C@@H](N(C)C)C1. The summed E-state index contributed by atoms with van der Waals surface area (Å²) in [7, 11) is 4.27. The van der Waals surface area contributed by atoms with Crippen molar-refractivity contribution in [3.05, 3.63) is 93.5 Å². The van der Waals surface area contributed by atoms with Gasteiger partial charge >= 0.3 is 0 Å². The van der Waals surface area contributed by atoms with Crippen molar-refractivity contribution in [3.8, 4) is 0 Å². The van der Waals surface area contributed by atoms with Gasteiger partial charge < -0.3 is 25.2 Å². The Labute approximate surface area is 337 Å². The number of amides is 3. The van der Waals surface area contributed by atoms with E-state index < -0.39 is 17.5 Å². The minimum absolute atomic E-state index is 0.00898. The lowest BCUT2D eigenvalue weighted by atomic mass is 9.93. The number of halogens is 1. The zero-order valence-electron chi connectivity index (χ0n) is 33.5. The number of ether oxygens (including phenoxy) is 1. The zero-order chi connectivity index (χ0) is 40.8. The van der Waals surface area contributed by atoms with E-state index in [0.717, 1.165) is 61.6 Å². The third-order valence-corrected chi connectivity index (χ3v) is 11.6. The third-order valence-electron chi connectivity index (χ3n) is 11.6. The molecule has 3 amide bonds. The van der Waals surface area contributed by atoms with E-state index >= 15 is 0 Å². The number of piperidine rings is 1. The number of hydrogen-bond donors (Lipinski definition) is 3. The summed E-state index contributed by atoms with van der Waals surface area (Å²) in [5, 5.41) is 16.3. The van der Waals surface area contributed by atoms with Crippen LogP contribution in [0.5, 0.6) is 0 Å². The molecule has 4 aromatic rings. The number of likely N-dealkylation sites (N-methyl/N-ethyl adjacent to an activating group) is 1. The number of aryl methyl sites for hydroxylation is 1. The summed E-state index contributed by atoms with van der Waals surface area (Å²) in [6, 6.07) is 18.7. The van der Waals surface area contributed by atoms with Crippen molar-refractivity contribution in [3.63, 3.8) is 0 Å². The molecule has 0 spiro atoms.